The molecule has 0 saturated carbocycles. The van der Waals surface area contributed by atoms with Crippen molar-refractivity contribution in [3.8, 4) is 11.5 Å². The zero-order valence-electron chi connectivity index (χ0n) is 16.5. The lowest BCUT2D eigenvalue weighted by molar-refractivity contribution is 0.0975. The first-order valence-corrected chi connectivity index (χ1v) is 9.51. The second-order valence-corrected chi connectivity index (χ2v) is 6.87. The third-order valence-electron chi connectivity index (χ3n) is 5.22. The van der Waals surface area contributed by atoms with Crippen LogP contribution in [0.15, 0.2) is 91.0 Å². The number of methoxy groups -OCH3 is 2. The average molecular weight is 382 g/mol. The molecule has 0 aliphatic rings. The first kappa shape index (κ1) is 18.8. The van der Waals surface area contributed by atoms with Crippen molar-refractivity contribution < 1.29 is 14.3 Å². The van der Waals surface area contributed by atoms with E-state index in [1.807, 2.05) is 91.0 Å². The van der Waals surface area contributed by atoms with Crippen LogP contribution in [0.3, 0.4) is 0 Å². The molecule has 4 rings (SSSR count). The minimum Gasteiger partial charge on any atom is -0.497 e. The Morgan fingerprint density at radius 2 is 1.17 bits per heavy atom. The fourth-order valence-corrected chi connectivity index (χ4v) is 3.68. The van der Waals surface area contributed by atoms with Crippen LogP contribution in [0.1, 0.15) is 27.4 Å². The highest BCUT2D eigenvalue weighted by molar-refractivity contribution is 6.12. The van der Waals surface area contributed by atoms with Gasteiger partial charge in [0.25, 0.3) is 0 Å². The fraction of sp³-hybridized carbons (Fsp3) is 0.115. The summed E-state index contributed by atoms with van der Waals surface area (Å²) in [6, 6.07) is 29.2. The van der Waals surface area contributed by atoms with Crippen LogP contribution in [-0.4, -0.2) is 20.0 Å². The minimum atomic E-state index is -0.419. The Morgan fingerprint density at radius 1 is 0.655 bits per heavy atom. The molecule has 4 aromatic carbocycles. The van der Waals surface area contributed by atoms with Crippen molar-refractivity contribution in [2.75, 3.05) is 14.2 Å². The molecule has 0 heterocycles. The highest BCUT2D eigenvalue weighted by Crippen LogP contribution is 2.33. The third-order valence-corrected chi connectivity index (χ3v) is 5.22. The van der Waals surface area contributed by atoms with Gasteiger partial charge in [0.2, 0.25) is 0 Å². The molecule has 0 unspecified atom stereocenters. The Balaban J connectivity index is 1.85. The molecule has 3 heteroatoms. The molecule has 0 aliphatic heterocycles. The highest BCUT2D eigenvalue weighted by Gasteiger charge is 2.25. The van der Waals surface area contributed by atoms with Gasteiger partial charge in [0.05, 0.1) is 20.1 Å². The summed E-state index contributed by atoms with van der Waals surface area (Å²) in [5.41, 5.74) is 2.57. The summed E-state index contributed by atoms with van der Waals surface area (Å²) in [7, 11) is 3.27. The second kappa shape index (κ2) is 8.19. The van der Waals surface area contributed by atoms with Gasteiger partial charge >= 0.3 is 0 Å². The summed E-state index contributed by atoms with van der Waals surface area (Å²) in [4.78, 5) is 13.8. The van der Waals surface area contributed by atoms with Crippen molar-refractivity contribution >= 4 is 16.6 Å². The normalized spacial score (nSPS) is 10.9. The van der Waals surface area contributed by atoms with E-state index in [-0.39, 0.29) is 5.78 Å². The molecule has 0 radical (unpaired) electrons. The molecular formula is C26H22O3. The van der Waals surface area contributed by atoms with Crippen LogP contribution in [0.5, 0.6) is 11.5 Å². The molecule has 0 bridgehead atoms. The Labute approximate surface area is 170 Å². The summed E-state index contributed by atoms with van der Waals surface area (Å²) in [5, 5.41) is 2.02. The topological polar surface area (TPSA) is 35.5 Å². The zero-order valence-corrected chi connectivity index (χ0v) is 16.5. The Hall–Kier alpha value is -3.59. The zero-order chi connectivity index (χ0) is 20.2. The standard InChI is InChI=1S/C26H22O3/c1-28-21-14-10-19(11-15-21)25(20-12-16-22(29-2)17-13-20)26(27)24-9-5-7-18-6-3-4-8-23(18)24/h3-17,25H,1-2H3. The van der Waals surface area contributed by atoms with E-state index in [9.17, 15) is 4.79 Å². The number of benzene rings is 4. The smallest absolute Gasteiger partial charge is 0.175 e. The quantitative estimate of drug-likeness (QED) is 0.391. The van der Waals surface area contributed by atoms with Crippen LogP contribution in [-0.2, 0) is 0 Å². The van der Waals surface area contributed by atoms with E-state index in [0.29, 0.717) is 0 Å². The second-order valence-electron chi connectivity index (χ2n) is 6.87. The summed E-state index contributed by atoms with van der Waals surface area (Å²) in [6.45, 7) is 0. The molecule has 0 aromatic heterocycles. The predicted octanol–water partition coefficient (Wildman–Crippen LogP) is 5.87. The number of ketones is 1. The molecule has 144 valence electrons. The van der Waals surface area contributed by atoms with Crippen molar-refractivity contribution in [2.45, 2.75) is 5.92 Å². The van der Waals surface area contributed by atoms with Crippen LogP contribution >= 0.6 is 0 Å². The summed E-state index contributed by atoms with van der Waals surface area (Å²) in [6.07, 6.45) is 0. The van der Waals surface area contributed by atoms with Crippen molar-refractivity contribution in [1.82, 2.24) is 0 Å². The maximum absolute atomic E-state index is 13.8. The molecule has 0 N–H and O–H groups in total. The lowest BCUT2D eigenvalue weighted by Crippen LogP contribution is -2.15. The number of rotatable bonds is 6. The van der Waals surface area contributed by atoms with E-state index in [0.717, 1.165) is 39.0 Å². The van der Waals surface area contributed by atoms with Gasteiger partial charge in [0, 0.05) is 5.56 Å². The number of carbonyl (C=O) groups excluding carboxylic acids is 1. The Kier molecular flexibility index (Phi) is 5.30. The van der Waals surface area contributed by atoms with Gasteiger partial charge in [0.15, 0.2) is 5.78 Å². The molecule has 0 fully saturated rings. The molecule has 0 spiro atoms. The van der Waals surface area contributed by atoms with Gasteiger partial charge in [0.1, 0.15) is 11.5 Å². The average Bonchev–Trinajstić information content (AvgIpc) is 2.79. The summed E-state index contributed by atoms with van der Waals surface area (Å²) >= 11 is 0. The monoisotopic (exact) mass is 382 g/mol. The minimum absolute atomic E-state index is 0.0668. The fourth-order valence-electron chi connectivity index (χ4n) is 3.68. The maximum atomic E-state index is 13.8. The van der Waals surface area contributed by atoms with Crippen LogP contribution in [0.2, 0.25) is 0 Å². The van der Waals surface area contributed by atoms with Crippen LogP contribution in [0.25, 0.3) is 10.8 Å². The van der Waals surface area contributed by atoms with Gasteiger partial charge in [-0.3, -0.25) is 4.79 Å². The molecule has 0 amide bonds. The number of ether oxygens (including phenoxy) is 2. The van der Waals surface area contributed by atoms with E-state index in [1.165, 1.54) is 0 Å². The summed E-state index contributed by atoms with van der Waals surface area (Å²) < 4.78 is 10.6. The third kappa shape index (κ3) is 3.72. The molecule has 4 aromatic rings. The van der Waals surface area contributed by atoms with Crippen molar-refractivity contribution in [2.24, 2.45) is 0 Å². The molecule has 0 aliphatic carbocycles. The van der Waals surface area contributed by atoms with Crippen molar-refractivity contribution in [3.05, 3.63) is 108 Å². The van der Waals surface area contributed by atoms with Gasteiger partial charge in [-0.05, 0) is 46.2 Å². The van der Waals surface area contributed by atoms with Gasteiger partial charge in [-0.2, -0.15) is 0 Å². The lowest BCUT2D eigenvalue weighted by atomic mass is 9.83. The largest absolute Gasteiger partial charge is 0.497 e. The van der Waals surface area contributed by atoms with E-state index in [4.69, 9.17) is 9.47 Å². The predicted molar refractivity (Wildman–Crippen MR) is 116 cm³/mol. The SMILES string of the molecule is COc1ccc(C(C(=O)c2cccc3ccccc23)c2ccc(OC)cc2)cc1. The first-order chi connectivity index (χ1) is 14.2. The molecule has 29 heavy (non-hydrogen) atoms. The Bertz CT molecular complexity index is 1080. The molecule has 3 nitrogen and oxygen atoms in total. The number of carbonyl (C=O) groups is 1. The highest BCUT2D eigenvalue weighted by atomic mass is 16.5. The van der Waals surface area contributed by atoms with Crippen LogP contribution in [0, 0.1) is 0 Å². The van der Waals surface area contributed by atoms with E-state index >= 15 is 0 Å². The van der Waals surface area contributed by atoms with Gasteiger partial charge in [-0.15, -0.1) is 0 Å². The molecule has 0 saturated heterocycles. The number of Topliss-reactive ketones (excluding diaryl/α,β-unsaturated/α-hetero) is 1. The summed E-state index contributed by atoms with van der Waals surface area (Å²) in [5.74, 6) is 1.18. The van der Waals surface area contributed by atoms with Crippen LogP contribution < -0.4 is 9.47 Å². The van der Waals surface area contributed by atoms with Gasteiger partial charge < -0.3 is 9.47 Å². The number of hydrogen-bond donors (Lipinski definition) is 0. The van der Waals surface area contributed by atoms with Crippen LogP contribution in [0.4, 0.5) is 0 Å². The van der Waals surface area contributed by atoms with Gasteiger partial charge in [-0.1, -0.05) is 66.7 Å². The first-order valence-electron chi connectivity index (χ1n) is 9.51. The molecule has 0 atom stereocenters. The van der Waals surface area contributed by atoms with Crippen molar-refractivity contribution in [1.29, 1.82) is 0 Å². The lowest BCUT2D eigenvalue weighted by Gasteiger charge is -2.19. The van der Waals surface area contributed by atoms with E-state index in [1.54, 1.807) is 14.2 Å². The Morgan fingerprint density at radius 3 is 1.72 bits per heavy atom. The van der Waals surface area contributed by atoms with Crippen molar-refractivity contribution in [3.63, 3.8) is 0 Å². The van der Waals surface area contributed by atoms with E-state index < -0.39 is 5.92 Å². The van der Waals surface area contributed by atoms with Gasteiger partial charge in [-0.25, -0.2) is 0 Å². The number of hydrogen-bond acceptors (Lipinski definition) is 3. The molecular weight excluding hydrogens is 360 g/mol. The van der Waals surface area contributed by atoms with E-state index in [2.05, 4.69) is 0 Å². The maximum Gasteiger partial charge on any atom is 0.175 e. The number of fused-ring (bicyclic) bond motifs is 1.